The first-order chi connectivity index (χ1) is 20.1. The monoisotopic (exact) mass is 616 g/mol. The molecular formula is C27H35F3N4O7S. The predicted molar refractivity (Wildman–Crippen MR) is 143 cm³/mol. The molecule has 1 amide bonds. The van der Waals surface area contributed by atoms with E-state index in [1.807, 2.05) is 6.92 Å². The molecule has 1 aromatic carbocycles. The van der Waals surface area contributed by atoms with Crippen molar-refractivity contribution < 1.29 is 47.9 Å². The van der Waals surface area contributed by atoms with E-state index in [1.54, 1.807) is 4.90 Å². The molecule has 1 saturated carbocycles. The number of amides is 1. The van der Waals surface area contributed by atoms with E-state index in [2.05, 4.69) is 10.3 Å². The Morgan fingerprint density at radius 2 is 1.86 bits per heavy atom. The summed E-state index contributed by atoms with van der Waals surface area (Å²) in [6, 6.07) is 0.216. The van der Waals surface area contributed by atoms with Gasteiger partial charge in [0, 0.05) is 44.7 Å². The maximum Gasteiger partial charge on any atom is 0.238 e. The van der Waals surface area contributed by atoms with Gasteiger partial charge in [-0.15, -0.1) is 16.9 Å². The second kappa shape index (κ2) is 12.8. The molecule has 0 spiro atoms. The highest BCUT2D eigenvalue weighted by Gasteiger charge is 2.52. The van der Waals surface area contributed by atoms with Crippen LogP contribution in [0.2, 0.25) is 0 Å². The van der Waals surface area contributed by atoms with Gasteiger partial charge in [0.1, 0.15) is 40.7 Å². The lowest BCUT2D eigenvalue weighted by molar-refractivity contribution is -0.179. The van der Waals surface area contributed by atoms with Crippen LogP contribution in [0.1, 0.15) is 38.6 Å². The lowest BCUT2D eigenvalue weighted by Gasteiger charge is -2.45. The first kappa shape index (κ1) is 31.2. The van der Waals surface area contributed by atoms with Crippen LogP contribution >= 0.6 is 11.8 Å². The average Bonchev–Trinajstić information content (AvgIpc) is 3.67. The number of thioether (sulfide) groups is 1. The van der Waals surface area contributed by atoms with Gasteiger partial charge >= 0.3 is 0 Å². The van der Waals surface area contributed by atoms with Crippen molar-refractivity contribution in [2.75, 3.05) is 32.9 Å². The third kappa shape index (κ3) is 6.32. The van der Waals surface area contributed by atoms with Crippen molar-refractivity contribution in [2.45, 2.75) is 73.2 Å². The number of carbonyl (C=O) groups excluding carboxylic acids is 1. The Kier molecular flexibility index (Phi) is 9.47. The van der Waals surface area contributed by atoms with Crippen LogP contribution < -0.4 is 0 Å². The van der Waals surface area contributed by atoms with Gasteiger partial charge in [-0.2, -0.15) is 0 Å². The Morgan fingerprint density at radius 1 is 1.19 bits per heavy atom. The van der Waals surface area contributed by atoms with Gasteiger partial charge in [0.25, 0.3) is 0 Å². The first-order valence-corrected chi connectivity index (χ1v) is 14.9. The molecule has 3 heterocycles. The van der Waals surface area contributed by atoms with Crippen molar-refractivity contribution in [2.24, 2.45) is 5.92 Å². The quantitative estimate of drug-likeness (QED) is 0.287. The van der Waals surface area contributed by atoms with E-state index in [4.69, 9.17) is 9.47 Å². The second-order valence-electron chi connectivity index (χ2n) is 11.1. The highest BCUT2D eigenvalue weighted by molar-refractivity contribution is 8.01. The average molecular weight is 617 g/mol. The molecule has 1 unspecified atom stereocenters. The molecule has 2 aliphatic heterocycles. The summed E-state index contributed by atoms with van der Waals surface area (Å²) in [6.07, 6.45) is -0.592. The molecule has 0 bridgehead atoms. The van der Waals surface area contributed by atoms with Crippen molar-refractivity contribution in [1.29, 1.82) is 0 Å². The van der Waals surface area contributed by atoms with Gasteiger partial charge < -0.3 is 34.8 Å². The maximum atomic E-state index is 13.9. The molecule has 2 aromatic rings. The Morgan fingerprint density at radius 3 is 2.45 bits per heavy atom. The number of aromatic nitrogens is 3. The Labute approximate surface area is 244 Å². The molecule has 3 fully saturated rings. The first-order valence-electron chi connectivity index (χ1n) is 14.0. The number of rotatable bonds is 10. The number of nitrogens with zero attached hydrogens (tertiary/aromatic N) is 4. The summed E-state index contributed by atoms with van der Waals surface area (Å²) in [6.45, 7) is 2.70. The van der Waals surface area contributed by atoms with Gasteiger partial charge in [-0.1, -0.05) is 5.21 Å². The fourth-order valence-electron chi connectivity index (χ4n) is 5.44. The number of benzene rings is 1. The predicted octanol–water partition coefficient (Wildman–Crippen LogP) is 1.24. The van der Waals surface area contributed by atoms with E-state index in [9.17, 15) is 38.4 Å². The highest BCUT2D eigenvalue weighted by Crippen LogP contribution is 2.42. The Balaban J connectivity index is 1.43. The fourth-order valence-corrected chi connectivity index (χ4v) is 6.99. The van der Waals surface area contributed by atoms with Gasteiger partial charge in [-0.25, -0.2) is 17.9 Å². The topological polar surface area (TPSA) is 150 Å². The van der Waals surface area contributed by atoms with Gasteiger partial charge in [-0.3, -0.25) is 4.79 Å². The molecule has 232 valence electrons. The second-order valence-corrected chi connectivity index (χ2v) is 12.3. The van der Waals surface area contributed by atoms with Gasteiger partial charge in [0.15, 0.2) is 17.5 Å². The summed E-state index contributed by atoms with van der Waals surface area (Å²) in [5.74, 6) is -4.38. The van der Waals surface area contributed by atoms with E-state index in [-0.39, 0.29) is 43.2 Å². The van der Waals surface area contributed by atoms with E-state index >= 15 is 0 Å². The molecule has 11 nitrogen and oxygen atoms in total. The molecule has 1 aliphatic carbocycles. The lowest BCUT2D eigenvalue weighted by atomic mass is 9.89. The molecular weight excluding hydrogens is 581 g/mol. The normalized spacial score (nSPS) is 28.4. The third-order valence-corrected chi connectivity index (χ3v) is 9.72. The van der Waals surface area contributed by atoms with Gasteiger partial charge in [0.05, 0.1) is 18.4 Å². The zero-order chi connectivity index (χ0) is 30.2. The molecule has 42 heavy (non-hydrogen) atoms. The Hall–Kier alpha value is -2.27. The molecule has 5 rings (SSSR count). The summed E-state index contributed by atoms with van der Waals surface area (Å²) >= 11 is 0.913. The zero-order valence-electron chi connectivity index (χ0n) is 23.0. The van der Waals surface area contributed by atoms with E-state index in [0.29, 0.717) is 19.0 Å². The van der Waals surface area contributed by atoms with Crippen LogP contribution in [0.15, 0.2) is 18.3 Å². The summed E-state index contributed by atoms with van der Waals surface area (Å²) < 4.78 is 53.5. The minimum atomic E-state index is -1.64. The zero-order valence-corrected chi connectivity index (χ0v) is 23.8. The van der Waals surface area contributed by atoms with E-state index in [1.165, 1.54) is 6.20 Å². The fraction of sp³-hybridized carbons (Fsp3) is 0.667. The molecule has 6 atom stereocenters. The van der Waals surface area contributed by atoms with E-state index in [0.717, 1.165) is 41.4 Å². The van der Waals surface area contributed by atoms with Crippen molar-refractivity contribution in [1.82, 2.24) is 19.9 Å². The molecule has 0 radical (unpaired) electrons. The van der Waals surface area contributed by atoms with Gasteiger partial charge in [0.2, 0.25) is 5.91 Å². The summed E-state index contributed by atoms with van der Waals surface area (Å²) in [7, 11) is 0. The van der Waals surface area contributed by atoms with Crippen LogP contribution in [0.4, 0.5) is 13.2 Å². The molecule has 3 aliphatic rings. The number of halogens is 3. The third-order valence-electron chi connectivity index (χ3n) is 8.15. The lowest BCUT2D eigenvalue weighted by Crippen LogP contribution is -2.58. The summed E-state index contributed by atoms with van der Waals surface area (Å²) in [4.78, 5) is 15.6. The van der Waals surface area contributed by atoms with Crippen molar-refractivity contribution >= 4 is 17.7 Å². The number of ether oxygens (including phenoxy) is 2. The summed E-state index contributed by atoms with van der Waals surface area (Å²) in [5.41, 5.74) is -2.85. The number of aliphatic hydroxyl groups excluding tert-OH is 3. The SMILES string of the molecule is CCN(CC1CC1)C(=O)C(S[C@@H]1O[C@H](CO)[C@H](O)[C@H](n2cc(-c3cc(F)c(F)c(F)c3)nn2)[C@H]1O)C1(O)CCOCC1. The minimum absolute atomic E-state index is 0.0633. The highest BCUT2D eigenvalue weighted by atomic mass is 32.2. The van der Waals surface area contributed by atoms with Crippen LogP contribution in [-0.2, 0) is 14.3 Å². The number of hydrogen-bond acceptors (Lipinski definition) is 10. The van der Waals surface area contributed by atoms with Crippen LogP contribution in [0, 0.1) is 23.4 Å². The van der Waals surface area contributed by atoms with Crippen molar-refractivity contribution in [3.05, 3.63) is 35.8 Å². The standard InChI is InChI=1S/C27H35F3N4O7S/c1-2-33(11-14-3-4-14)25(38)24(27(39)5-7-40-8-6-27)42-26-23(37)21(22(36)19(13-35)41-26)34-12-18(31-32-34)15-9-16(28)20(30)17(29)10-15/h9-10,12,14,19,21-24,26,35-37,39H,2-8,11,13H2,1H3/t19-,21+,22+,23-,24?,26+/m1/s1. The van der Waals surface area contributed by atoms with Crippen molar-refractivity contribution in [3.8, 4) is 11.3 Å². The van der Waals surface area contributed by atoms with Crippen LogP contribution in [-0.4, -0.2) is 114 Å². The number of carbonyl (C=O) groups is 1. The molecule has 15 heteroatoms. The summed E-state index contributed by atoms with van der Waals surface area (Å²) in [5, 5.41) is 50.9. The van der Waals surface area contributed by atoms with Crippen LogP contribution in [0.5, 0.6) is 0 Å². The molecule has 2 saturated heterocycles. The van der Waals surface area contributed by atoms with Crippen LogP contribution in [0.3, 0.4) is 0 Å². The largest absolute Gasteiger partial charge is 0.394 e. The minimum Gasteiger partial charge on any atom is -0.394 e. The van der Waals surface area contributed by atoms with E-state index < -0.39 is 64.7 Å². The van der Waals surface area contributed by atoms with Gasteiger partial charge in [-0.05, 0) is 37.8 Å². The maximum absolute atomic E-state index is 13.9. The van der Waals surface area contributed by atoms with Crippen molar-refractivity contribution in [3.63, 3.8) is 0 Å². The number of aliphatic hydroxyl groups is 4. The number of hydrogen-bond donors (Lipinski definition) is 4. The molecule has 1 aromatic heterocycles. The molecule has 4 N–H and O–H groups in total. The van der Waals surface area contributed by atoms with Crippen LogP contribution in [0.25, 0.3) is 11.3 Å². The Bertz CT molecular complexity index is 1240. The smallest absolute Gasteiger partial charge is 0.238 e.